The summed E-state index contributed by atoms with van der Waals surface area (Å²) >= 11 is 1.95. The van der Waals surface area contributed by atoms with E-state index in [1.807, 2.05) is 18.7 Å². The molecule has 15 heavy (non-hydrogen) atoms. The minimum Gasteiger partial charge on any atom is -0.336 e. The minimum atomic E-state index is 0.377. The van der Waals surface area contributed by atoms with Crippen molar-refractivity contribution in [2.45, 2.75) is 37.4 Å². The Bertz CT molecular complexity index is 320. The van der Waals surface area contributed by atoms with Gasteiger partial charge in [-0.1, -0.05) is 18.0 Å². The number of hydrogen-bond acceptors (Lipinski definition) is 5. The SMILES string of the molecule is CSC1(CNc2nc(C)no2)CCCC1. The summed E-state index contributed by atoms with van der Waals surface area (Å²) in [4.78, 5) is 4.14. The second-order valence-corrected chi connectivity index (χ2v) is 5.37. The normalized spacial score (nSPS) is 19.3. The lowest BCUT2D eigenvalue weighted by Gasteiger charge is -2.26. The smallest absolute Gasteiger partial charge is 0.321 e. The first-order valence-corrected chi connectivity index (χ1v) is 6.56. The first-order valence-electron chi connectivity index (χ1n) is 5.33. The van der Waals surface area contributed by atoms with E-state index in [4.69, 9.17) is 4.52 Å². The summed E-state index contributed by atoms with van der Waals surface area (Å²) < 4.78 is 5.41. The maximum Gasteiger partial charge on any atom is 0.321 e. The van der Waals surface area contributed by atoms with Crippen LogP contribution in [0, 0.1) is 6.92 Å². The average Bonchev–Trinajstić information content (AvgIpc) is 2.85. The van der Waals surface area contributed by atoms with Gasteiger partial charge in [0.15, 0.2) is 5.82 Å². The van der Waals surface area contributed by atoms with Gasteiger partial charge < -0.3 is 9.84 Å². The average molecular weight is 227 g/mol. The van der Waals surface area contributed by atoms with Gasteiger partial charge in [-0.2, -0.15) is 16.7 Å². The lowest BCUT2D eigenvalue weighted by atomic mass is 10.1. The maximum atomic E-state index is 5.03. The zero-order valence-electron chi connectivity index (χ0n) is 9.25. The molecule has 0 amide bonds. The standard InChI is InChI=1S/C10H17N3OS/c1-8-12-9(14-13-8)11-7-10(15-2)5-3-4-6-10/h3-7H2,1-2H3,(H,11,12,13). The molecule has 4 nitrogen and oxygen atoms in total. The fourth-order valence-electron chi connectivity index (χ4n) is 2.08. The molecule has 0 unspecified atom stereocenters. The van der Waals surface area contributed by atoms with Crippen molar-refractivity contribution < 1.29 is 4.52 Å². The molecule has 0 atom stereocenters. The molecule has 84 valence electrons. The van der Waals surface area contributed by atoms with Crippen molar-refractivity contribution in [2.75, 3.05) is 18.1 Å². The van der Waals surface area contributed by atoms with Gasteiger partial charge in [-0.25, -0.2) is 0 Å². The summed E-state index contributed by atoms with van der Waals surface area (Å²) in [6.45, 7) is 2.75. The number of aryl methyl sites for hydroxylation is 1. The van der Waals surface area contributed by atoms with Crippen LogP contribution in [0.15, 0.2) is 4.52 Å². The highest BCUT2D eigenvalue weighted by Gasteiger charge is 2.33. The first-order chi connectivity index (χ1) is 7.24. The molecule has 0 bridgehead atoms. The van der Waals surface area contributed by atoms with Gasteiger partial charge in [0.05, 0.1) is 0 Å². The molecule has 1 heterocycles. The Labute approximate surface area is 94.2 Å². The van der Waals surface area contributed by atoms with Crippen LogP contribution in [-0.4, -0.2) is 27.7 Å². The molecule has 1 fully saturated rings. The molecule has 1 aliphatic rings. The van der Waals surface area contributed by atoms with E-state index in [0.29, 0.717) is 16.6 Å². The van der Waals surface area contributed by atoms with Crippen LogP contribution in [0.3, 0.4) is 0 Å². The molecule has 1 aliphatic carbocycles. The lowest BCUT2D eigenvalue weighted by Crippen LogP contribution is -2.30. The van der Waals surface area contributed by atoms with Gasteiger partial charge >= 0.3 is 6.01 Å². The van der Waals surface area contributed by atoms with Gasteiger partial charge in [0.2, 0.25) is 0 Å². The van der Waals surface area contributed by atoms with Crippen molar-refractivity contribution in [3.63, 3.8) is 0 Å². The Balaban J connectivity index is 1.91. The predicted octanol–water partition coefficient (Wildman–Crippen LogP) is 2.47. The zero-order valence-corrected chi connectivity index (χ0v) is 10.1. The van der Waals surface area contributed by atoms with Crippen LogP contribution >= 0.6 is 11.8 Å². The third kappa shape index (κ3) is 2.45. The van der Waals surface area contributed by atoms with Gasteiger partial charge in [0.25, 0.3) is 0 Å². The summed E-state index contributed by atoms with van der Waals surface area (Å²) in [5.41, 5.74) is 0. The van der Waals surface area contributed by atoms with Crippen molar-refractivity contribution in [2.24, 2.45) is 0 Å². The van der Waals surface area contributed by atoms with E-state index < -0.39 is 0 Å². The van der Waals surface area contributed by atoms with Crippen LogP contribution in [0.4, 0.5) is 6.01 Å². The van der Waals surface area contributed by atoms with Crippen molar-refractivity contribution in [3.8, 4) is 0 Å². The first kappa shape index (κ1) is 10.8. The number of anilines is 1. The molecule has 5 heteroatoms. The van der Waals surface area contributed by atoms with Crippen LogP contribution < -0.4 is 5.32 Å². The fraction of sp³-hybridized carbons (Fsp3) is 0.800. The molecule has 0 radical (unpaired) electrons. The fourth-order valence-corrected chi connectivity index (χ4v) is 2.99. The van der Waals surface area contributed by atoms with E-state index in [1.54, 1.807) is 0 Å². The molecular formula is C10H17N3OS. The van der Waals surface area contributed by atoms with Gasteiger partial charge in [0.1, 0.15) is 0 Å². The number of nitrogens with one attached hydrogen (secondary N) is 1. The van der Waals surface area contributed by atoms with Crippen LogP contribution in [0.2, 0.25) is 0 Å². The Hall–Kier alpha value is -0.710. The predicted molar refractivity (Wildman–Crippen MR) is 62.2 cm³/mol. The molecular weight excluding hydrogens is 210 g/mol. The van der Waals surface area contributed by atoms with Gasteiger partial charge in [0, 0.05) is 11.3 Å². The van der Waals surface area contributed by atoms with E-state index in [2.05, 4.69) is 21.7 Å². The van der Waals surface area contributed by atoms with E-state index in [1.165, 1.54) is 25.7 Å². The topological polar surface area (TPSA) is 51.0 Å². The number of aromatic nitrogens is 2. The quantitative estimate of drug-likeness (QED) is 0.856. The zero-order chi connectivity index (χ0) is 10.7. The second kappa shape index (κ2) is 4.43. The van der Waals surface area contributed by atoms with E-state index in [0.717, 1.165) is 6.54 Å². The van der Waals surface area contributed by atoms with Crippen LogP contribution in [0.5, 0.6) is 0 Å². The summed E-state index contributed by atoms with van der Waals surface area (Å²) in [7, 11) is 0. The van der Waals surface area contributed by atoms with Crippen molar-refractivity contribution >= 4 is 17.8 Å². The largest absolute Gasteiger partial charge is 0.336 e. The monoisotopic (exact) mass is 227 g/mol. The second-order valence-electron chi connectivity index (χ2n) is 4.09. The van der Waals surface area contributed by atoms with E-state index in [9.17, 15) is 0 Å². The molecule has 0 saturated heterocycles. The highest BCUT2D eigenvalue weighted by Crippen LogP contribution is 2.40. The third-order valence-corrected chi connectivity index (χ3v) is 4.46. The molecule has 0 aliphatic heterocycles. The van der Waals surface area contributed by atoms with Crippen molar-refractivity contribution in [3.05, 3.63) is 5.82 Å². The molecule has 1 saturated carbocycles. The lowest BCUT2D eigenvalue weighted by molar-refractivity contribution is 0.423. The van der Waals surface area contributed by atoms with Gasteiger partial charge in [-0.05, 0) is 26.0 Å². The van der Waals surface area contributed by atoms with Crippen molar-refractivity contribution in [1.29, 1.82) is 0 Å². The van der Waals surface area contributed by atoms with Crippen LogP contribution in [-0.2, 0) is 0 Å². The van der Waals surface area contributed by atoms with Gasteiger partial charge in [-0.3, -0.25) is 0 Å². The molecule has 1 N–H and O–H groups in total. The molecule has 0 aromatic carbocycles. The van der Waals surface area contributed by atoms with E-state index >= 15 is 0 Å². The number of rotatable bonds is 4. The number of thioether (sulfide) groups is 1. The molecule has 0 spiro atoms. The van der Waals surface area contributed by atoms with Crippen LogP contribution in [0.1, 0.15) is 31.5 Å². The van der Waals surface area contributed by atoms with Crippen molar-refractivity contribution in [1.82, 2.24) is 10.1 Å². The highest BCUT2D eigenvalue weighted by atomic mass is 32.2. The summed E-state index contributed by atoms with van der Waals surface area (Å²) in [6.07, 6.45) is 7.44. The van der Waals surface area contributed by atoms with Gasteiger partial charge in [-0.15, -0.1) is 0 Å². The molecule has 2 rings (SSSR count). The Morgan fingerprint density at radius 2 is 2.20 bits per heavy atom. The number of nitrogens with zero attached hydrogens (tertiary/aromatic N) is 2. The third-order valence-electron chi connectivity index (χ3n) is 3.04. The summed E-state index contributed by atoms with van der Waals surface area (Å²) in [5, 5.41) is 6.99. The Kier molecular flexibility index (Phi) is 3.19. The maximum absolute atomic E-state index is 5.03. The summed E-state index contributed by atoms with van der Waals surface area (Å²) in [5.74, 6) is 0.683. The minimum absolute atomic E-state index is 0.377. The highest BCUT2D eigenvalue weighted by molar-refractivity contribution is 8.00. The molecule has 1 aromatic rings. The molecule has 1 aromatic heterocycles. The van der Waals surface area contributed by atoms with E-state index in [-0.39, 0.29) is 0 Å². The summed E-state index contributed by atoms with van der Waals surface area (Å²) in [6, 6.07) is 0.549. The Morgan fingerprint density at radius 3 is 2.73 bits per heavy atom. The Morgan fingerprint density at radius 1 is 1.47 bits per heavy atom. The number of hydrogen-bond donors (Lipinski definition) is 1. The van der Waals surface area contributed by atoms with Crippen LogP contribution in [0.25, 0.3) is 0 Å².